The first kappa shape index (κ1) is 18.6. The molecule has 0 aliphatic carbocycles. The van der Waals surface area contributed by atoms with Crippen LogP contribution in [0.3, 0.4) is 0 Å². The third kappa shape index (κ3) is 4.32. The summed E-state index contributed by atoms with van der Waals surface area (Å²) in [5.74, 6) is 0.0390. The molecule has 1 fully saturated rings. The maximum atomic E-state index is 12.7. The van der Waals surface area contributed by atoms with E-state index in [2.05, 4.69) is 0 Å². The van der Waals surface area contributed by atoms with Crippen molar-refractivity contribution in [2.24, 2.45) is 0 Å². The SMILES string of the molecule is Cc1ccc(N2C(=O)/C(=C/c3ccc(OS(C)(=O)=O)cc3)SC2=S)cc1. The molecule has 1 amide bonds. The molecule has 1 aliphatic heterocycles. The van der Waals surface area contributed by atoms with Gasteiger partial charge in [-0.3, -0.25) is 9.69 Å². The highest BCUT2D eigenvalue weighted by atomic mass is 32.2. The second-order valence-electron chi connectivity index (χ2n) is 5.71. The number of thioether (sulfide) groups is 1. The van der Waals surface area contributed by atoms with Gasteiger partial charge in [-0.15, -0.1) is 0 Å². The van der Waals surface area contributed by atoms with Gasteiger partial charge in [0.1, 0.15) is 5.75 Å². The predicted molar refractivity (Wildman–Crippen MR) is 109 cm³/mol. The van der Waals surface area contributed by atoms with Crippen LogP contribution in [0, 0.1) is 6.92 Å². The van der Waals surface area contributed by atoms with Crippen molar-refractivity contribution in [2.45, 2.75) is 6.92 Å². The van der Waals surface area contributed by atoms with Crippen LogP contribution < -0.4 is 9.08 Å². The molecular formula is C18H15NO4S3. The largest absolute Gasteiger partial charge is 0.383 e. The lowest BCUT2D eigenvalue weighted by Crippen LogP contribution is -2.27. The molecule has 3 rings (SSSR count). The fourth-order valence-corrected chi connectivity index (χ4v) is 4.09. The number of nitrogens with zero attached hydrogens (tertiary/aromatic N) is 1. The summed E-state index contributed by atoms with van der Waals surface area (Å²) < 4.78 is 27.5. The monoisotopic (exact) mass is 405 g/mol. The Morgan fingerprint density at radius 3 is 2.27 bits per heavy atom. The van der Waals surface area contributed by atoms with Crippen molar-refractivity contribution in [1.29, 1.82) is 0 Å². The van der Waals surface area contributed by atoms with Gasteiger partial charge in [-0.25, -0.2) is 0 Å². The number of aryl methyl sites for hydroxylation is 1. The standard InChI is InChI=1S/C18H15NO4S3/c1-12-3-7-14(8-4-12)19-17(20)16(25-18(19)24)11-13-5-9-15(10-6-13)23-26(2,21)22/h3-11H,1-2H3/b16-11-. The zero-order valence-electron chi connectivity index (χ0n) is 14.0. The minimum absolute atomic E-state index is 0.180. The quantitative estimate of drug-likeness (QED) is 0.439. The Kier molecular flexibility index (Phi) is 5.17. The van der Waals surface area contributed by atoms with Gasteiger partial charge >= 0.3 is 10.1 Å². The number of hydrogen-bond donors (Lipinski definition) is 0. The van der Waals surface area contributed by atoms with Crippen LogP contribution in [0.25, 0.3) is 6.08 Å². The summed E-state index contributed by atoms with van der Waals surface area (Å²) in [5.41, 5.74) is 2.58. The van der Waals surface area contributed by atoms with Crippen molar-refractivity contribution < 1.29 is 17.4 Å². The van der Waals surface area contributed by atoms with Crippen LogP contribution in [0.2, 0.25) is 0 Å². The second-order valence-corrected chi connectivity index (χ2v) is 8.96. The summed E-state index contributed by atoms with van der Waals surface area (Å²) in [6.07, 6.45) is 2.70. The number of thiocarbonyl (C=S) groups is 1. The van der Waals surface area contributed by atoms with E-state index < -0.39 is 10.1 Å². The maximum absolute atomic E-state index is 12.7. The van der Waals surface area contributed by atoms with Crippen LogP contribution in [0.4, 0.5) is 5.69 Å². The van der Waals surface area contributed by atoms with Gasteiger partial charge in [0.25, 0.3) is 5.91 Å². The molecule has 5 nitrogen and oxygen atoms in total. The molecular weight excluding hydrogens is 390 g/mol. The van der Waals surface area contributed by atoms with E-state index in [9.17, 15) is 13.2 Å². The zero-order chi connectivity index (χ0) is 18.9. The maximum Gasteiger partial charge on any atom is 0.306 e. The Morgan fingerprint density at radius 2 is 1.69 bits per heavy atom. The summed E-state index contributed by atoms with van der Waals surface area (Å²) in [5, 5.41) is 0. The molecule has 1 saturated heterocycles. The summed E-state index contributed by atoms with van der Waals surface area (Å²) in [6.45, 7) is 1.98. The normalized spacial score (nSPS) is 16.4. The molecule has 0 saturated carbocycles. The van der Waals surface area contributed by atoms with E-state index in [1.54, 1.807) is 18.2 Å². The highest BCUT2D eigenvalue weighted by molar-refractivity contribution is 8.27. The van der Waals surface area contributed by atoms with E-state index in [0.29, 0.717) is 9.23 Å². The van der Waals surface area contributed by atoms with Crippen molar-refractivity contribution in [3.8, 4) is 5.75 Å². The molecule has 0 unspecified atom stereocenters. The van der Waals surface area contributed by atoms with E-state index in [1.165, 1.54) is 28.8 Å². The van der Waals surface area contributed by atoms with Crippen molar-refractivity contribution in [3.63, 3.8) is 0 Å². The van der Waals surface area contributed by atoms with E-state index in [1.807, 2.05) is 31.2 Å². The van der Waals surface area contributed by atoms with Crippen LogP contribution in [-0.4, -0.2) is 24.9 Å². The highest BCUT2D eigenvalue weighted by Gasteiger charge is 2.33. The van der Waals surface area contributed by atoms with E-state index in [0.717, 1.165) is 23.1 Å². The van der Waals surface area contributed by atoms with Crippen LogP contribution in [-0.2, 0) is 14.9 Å². The van der Waals surface area contributed by atoms with E-state index in [4.69, 9.17) is 16.4 Å². The molecule has 0 bridgehead atoms. The summed E-state index contributed by atoms with van der Waals surface area (Å²) in [4.78, 5) is 14.7. The van der Waals surface area contributed by atoms with E-state index in [-0.39, 0.29) is 11.7 Å². The average Bonchev–Trinajstić information content (AvgIpc) is 2.83. The third-order valence-corrected chi connectivity index (χ3v) is 5.31. The smallest absolute Gasteiger partial charge is 0.306 e. The van der Waals surface area contributed by atoms with Gasteiger partial charge < -0.3 is 4.18 Å². The molecule has 134 valence electrons. The lowest BCUT2D eigenvalue weighted by molar-refractivity contribution is -0.113. The Balaban J connectivity index is 1.82. The Bertz CT molecular complexity index is 994. The molecule has 1 aliphatic rings. The third-order valence-electron chi connectivity index (χ3n) is 3.51. The fourth-order valence-electron chi connectivity index (χ4n) is 2.33. The molecule has 1 heterocycles. The number of anilines is 1. The lowest BCUT2D eigenvalue weighted by atomic mass is 10.2. The van der Waals surface area contributed by atoms with Gasteiger partial charge in [-0.1, -0.05) is 53.8 Å². The zero-order valence-corrected chi connectivity index (χ0v) is 16.5. The van der Waals surface area contributed by atoms with Crippen LogP contribution in [0.15, 0.2) is 53.4 Å². The van der Waals surface area contributed by atoms with Gasteiger partial charge in [-0.05, 0) is 42.8 Å². The minimum Gasteiger partial charge on any atom is -0.383 e. The van der Waals surface area contributed by atoms with E-state index >= 15 is 0 Å². The molecule has 2 aromatic rings. The number of carbonyl (C=O) groups excluding carboxylic acids is 1. The summed E-state index contributed by atoms with van der Waals surface area (Å²) >= 11 is 6.58. The second kappa shape index (κ2) is 7.22. The minimum atomic E-state index is -3.57. The molecule has 0 spiro atoms. The molecule has 0 N–H and O–H groups in total. The molecule has 0 radical (unpaired) electrons. The molecule has 8 heteroatoms. The van der Waals surface area contributed by atoms with Gasteiger partial charge in [-0.2, -0.15) is 8.42 Å². The molecule has 2 aromatic carbocycles. The molecule has 0 atom stereocenters. The topological polar surface area (TPSA) is 63.7 Å². The number of amides is 1. The Labute approximate surface area is 161 Å². The van der Waals surface area contributed by atoms with Gasteiger partial charge in [0.05, 0.1) is 16.8 Å². The van der Waals surface area contributed by atoms with Crippen molar-refractivity contribution in [3.05, 3.63) is 64.6 Å². The Morgan fingerprint density at radius 1 is 1.08 bits per heavy atom. The number of hydrogen-bond acceptors (Lipinski definition) is 6. The molecule has 0 aromatic heterocycles. The highest BCUT2D eigenvalue weighted by Crippen LogP contribution is 2.36. The van der Waals surface area contributed by atoms with Crippen molar-refractivity contribution in [2.75, 3.05) is 11.2 Å². The van der Waals surface area contributed by atoms with Crippen molar-refractivity contribution in [1.82, 2.24) is 0 Å². The van der Waals surface area contributed by atoms with Gasteiger partial charge in [0, 0.05) is 0 Å². The number of carbonyl (C=O) groups is 1. The number of rotatable bonds is 4. The fraction of sp³-hybridized carbons (Fsp3) is 0.111. The first-order valence-corrected chi connectivity index (χ1v) is 10.6. The van der Waals surface area contributed by atoms with Gasteiger partial charge in [0.2, 0.25) is 0 Å². The molecule has 26 heavy (non-hydrogen) atoms. The van der Waals surface area contributed by atoms with Crippen molar-refractivity contribution >= 4 is 56.1 Å². The van der Waals surface area contributed by atoms with Crippen LogP contribution >= 0.6 is 24.0 Å². The summed E-state index contributed by atoms with van der Waals surface area (Å²) in [6, 6.07) is 14.0. The first-order chi connectivity index (χ1) is 12.2. The summed E-state index contributed by atoms with van der Waals surface area (Å²) in [7, 11) is -3.57. The van der Waals surface area contributed by atoms with Gasteiger partial charge in [0.15, 0.2) is 4.32 Å². The average molecular weight is 406 g/mol. The van der Waals surface area contributed by atoms with Crippen LogP contribution in [0.5, 0.6) is 5.75 Å². The first-order valence-electron chi connectivity index (χ1n) is 7.57. The van der Waals surface area contributed by atoms with Crippen LogP contribution in [0.1, 0.15) is 11.1 Å². The predicted octanol–water partition coefficient (Wildman–Crippen LogP) is 3.74. The lowest BCUT2D eigenvalue weighted by Gasteiger charge is -2.14. The number of benzene rings is 2. The Hall–Kier alpha value is -2.16.